The van der Waals surface area contributed by atoms with Crippen molar-refractivity contribution in [1.82, 2.24) is 0 Å². The van der Waals surface area contributed by atoms with Crippen molar-refractivity contribution in [3.05, 3.63) is 12.3 Å². The molecule has 0 aromatic heterocycles. The van der Waals surface area contributed by atoms with Crippen LogP contribution in [0, 0.1) is 0 Å². The molecule has 196 valence electrons. The number of likely N-dealkylation sites (N-methyl/N-ethyl adjacent to an activating group) is 1. The van der Waals surface area contributed by atoms with E-state index in [1.54, 1.807) is 0 Å². The summed E-state index contributed by atoms with van der Waals surface area (Å²) in [5, 5.41) is 0. The van der Waals surface area contributed by atoms with Crippen LogP contribution in [0.5, 0.6) is 0 Å². The minimum atomic E-state index is 0. The molecule has 5 heteroatoms. The zero-order valence-electron chi connectivity index (χ0n) is 22.7. The number of halogens is 2. The SMILES string of the molecule is C=C(C)OCC[N+](C)(C)CCCCCC[N+](C)(C)CCCCCCCCCCCC.[Br-].[Br-]. The van der Waals surface area contributed by atoms with Gasteiger partial charge in [0.2, 0.25) is 0 Å². The average Bonchev–Trinajstić information content (AvgIpc) is 2.65. The van der Waals surface area contributed by atoms with Gasteiger partial charge >= 0.3 is 0 Å². The molecule has 0 amide bonds. The maximum atomic E-state index is 5.53. The molecule has 0 fully saturated rings. The van der Waals surface area contributed by atoms with Gasteiger partial charge in [0.05, 0.1) is 53.6 Å². The van der Waals surface area contributed by atoms with Gasteiger partial charge < -0.3 is 47.7 Å². The van der Waals surface area contributed by atoms with Crippen molar-refractivity contribution in [2.75, 3.05) is 61.0 Å². The fourth-order valence-corrected chi connectivity index (χ4v) is 4.15. The zero-order chi connectivity index (χ0) is 22.7. The predicted octanol–water partition coefficient (Wildman–Crippen LogP) is 1.18. The minimum absolute atomic E-state index is 0. The van der Waals surface area contributed by atoms with Gasteiger partial charge in [0, 0.05) is 0 Å². The van der Waals surface area contributed by atoms with E-state index in [1.165, 1.54) is 114 Å². The van der Waals surface area contributed by atoms with E-state index in [9.17, 15) is 0 Å². The van der Waals surface area contributed by atoms with Crippen molar-refractivity contribution < 1.29 is 47.7 Å². The molecule has 0 N–H and O–H groups in total. The van der Waals surface area contributed by atoms with Gasteiger partial charge in [0.25, 0.3) is 0 Å². The summed E-state index contributed by atoms with van der Waals surface area (Å²) in [6, 6.07) is 0. The molecular weight excluding hydrogens is 528 g/mol. The van der Waals surface area contributed by atoms with Crippen LogP contribution < -0.4 is 34.0 Å². The molecule has 3 nitrogen and oxygen atoms in total. The molecule has 0 aliphatic rings. The van der Waals surface area contributed by atoms with Gasteiger partial charge in [0.1, 0.15) is 13.2 Å². The lowest BCUT2D eigenvalue weighted by Gasteiger charge is -2.30. The average molecular weight is 587 g/mol. The lowest BCUT2D eigenvalue weighted by atomic mass is 10.1. The van der Waals surface area contributed by atoms with Crippen LogP contribution in [0.15, 0.2) is 12.3 Å². The Balaban J connectivity index is -0.00000420. The van der Waals surface area contributed by atoms with Crippen LogP contribution in [0.25, 0.3) is 0 Å². The molecule has 0 spiro atoms. The van der Waals surface area contributed by atoms with E-state index in [-0.39, 0.29) is 34.0 Å². The normalized spacial score (nSPS) is 11.6. The number of unbranched alkanes of at least 4 members (excludes halogenated alkanes) is 12. The van der Waals surface area contributed by atoms with Crippen molar-refractivity contribution >= 4 is 0 Å². The molecule has 0 aliphatic carbocycles. The third-order valence-corrected chi connectivity index (χ3v) is 6.44. The lowest BCUT2D eigenvalue weighted by Crippen LogP contribution is -3.00. The molecule has 0 radical (unpaired) electrons. The van der Waals surface area contributed by atoms with Crippen molar-refractivity contribution in [2.45, 2.75) is 104 Å². The predicted molar refractivity (Wildman–Crippen MR) is 135 cm³/mol. The maximum Gasteiger partial charge on any atom is 0.137 e. The van der Waals surface area contributed by atoms with E-state index in [0.717, 1.165) is 23.4 Å². The monoisotopic (exact) mass is 584 g/mol. The Morgan fingerprint density at radius 3 is 1.22 bits per heavy atom. The number of rotatable bonds is 22. The van der Waals surface area contributed by atoms with Crippen molar-refractivity contribution in [2.24, 2.45) is 0 Å². The number of allylic oxidation sites excluding steroid dienone is 1. The molecule has 0 bridgehead atoms. The molecule has 0 heterocycles. The van der Waals surface area contributed by atoms with E-state index < -0.39 is 0 Å². The number of quaternary nitrogens is 2. The summed E-state index contributed by atoms with van der Waals surface area (Å²) < 4.78 is 7.78. The Morgan fingerprint density at radius 2 is 0.875 bits per heavy atom. The second kappa shape index (κ2) is 23.2. The van der Waals surface area contributed by atoms with Crippen LogP contribution in [-0.4, -0.2) is 69.9 Å². The number of hydrogen-bond donors (Lipinski definition) is 0. The van der Waals surface area contributed by atoms with E-state index in [2.05, 4.69) is 41.7 Å². The highest BCUT2D eigenvalue weighted by Gasteiger charge is 2.16. The van der Waals surface area contributed by atoms with Crippen molar-refractivity contribution in [3.8, 4) is 0 Å². The summed E-state index contributed by atoms with van der Waals surface area (Å²) in [6.45, 7) is 13.8. The molecule has 0 saturated carbocycles. The van der Waals surface area contributed by atoms with E-state index in [1.807, 2.05) is 6.92 Å². The molecule has 0 rings (SSSR count). The summed E-state index contributed by atoms with van der Waals surface area (Å²) in [6.07, 6.45) is 19.8. The first-order valence-electron chi connectivity index (χ1n) is 13.1. The second-order valence-electron chi connectivity index (χ2n) is 10.9. The quantitative estimate of drug-likeness (QED) is 0.105. The smallest absolute Gasteiger partial charge is 0.137 e. The van der Waals surface area contributed by atoms with Crippen LogP contribution in [0.2, 0.25) is 0 Å². The first-order valence-corrected chi connectivity index (χ1v) is 13.1. The third-order valence-electron chi connectivity index (χ3n) is 6.44. The molecule has 0 atom stereocenters. The highest BCUT2D eigenvalue weighted by molar-refractivity contribution is 4.73. The fourth-order valence-electron chi connectivity index (χ4n) is 4.15. The summed E-state index contributed by atoms with van der Waals surface area (Å²) in [7, 11) is 9.48. The van der Waals surface area contributed by atoms with Crippen LogP contribution in [-0.2, 0) is 4.74 Å². The van der Waals surface area contributed by atoms with Gasteiger partial charge in [0.15, 0.2) is 0 Å². The van der Waals surface area contributed by atoms with Gasteiger partial charge in [-0.3, -0.25) is 0 Å². The van der Waals surface area contributed by atoms with Crippen LogP contribution in [0.4, 0.5) is 0 Å². The Hall–Kier alpha value is 0.420. The largest absolute Gasteiger partial charge is 1.00 e. The number of hydrogen-bond acceptors (Lipinski definition) is 1. The first-order chi connectivity index (χ1) is 14.2. The highest BCUT2D eigenvalue weighted by Crippen LogP contribution is 2.13. The van der Waals surface area contributed by atoms with Gasteiger partial charge in [-0.2, -0.15) is 0 Å². The Labute approximate surface area is 224 Å². The summed E-state index contributed by atoms with van der Waals surface area (Å²) >= 11 is 0. The van der Waals surface area contributed by atoms with E-state index >= 15 is 0 Å². The zero-order valence-corrected chi connectivity index (χ0v) is 25.9. The van der Waals surface area contributed by atoms with Crippen LogP contribution in [0.1, 0.15) is 104 Å². The van der Waals surface area contributed by atoms with Gasteiger partial charge in [-0.25, -0.2) is 0 Å². The van der Waals surface area contributed by atoms with Crippen molar-refractivity contribution in [3.63, 3.8) is 0 Å². The van der Waals surface area contributed by atoms with Gasteiger partial charge in [-0.15, -0.1) is 0 Å². The number of ether oxygens (including phenoxy) is 1. The second-order valence-corrected chi connectivity index (χ2v) is 10.9. The Kier molecular flexibility index (Phi) is 26.8. The van der Waals surface area contributed by atoms with Crippen molar-refractivity contribution in [1.29, 1.82) is 0 Å². The Bertz CT molecular complexity index is 414. The molecule has 0 saturated heterocycles. The minimum Gasteiger partial charge on any atom is -1.00 e. The van der Waals surface area contributed by atoms with Crippen LogP contribution >= 0.6 is 0 Å². The molecule has 32 heavy (non-hydrogen) atoms. The summed E-state index contributed by atoms with van der Waals surface area (Å²) in [5.74, 6) is 0.827. The molecule has 0 unspecified atom stereocenters. The topological polar surface area (TPSA) is 9.23 Å². The summed E-state index contributed by atoms with van der Waals surface area (Å²) in [4.78, 5) is 0. The van der Waals surface area contributed by atoms with Crippen LogP contribution in [0.3, 0.4) is 0 Å². The lowest BCUT2D eigenvalue weighted by molar-refractivity contribution is -0.891. The maximum absolute atomic E-state index is 5.53. The number of nitrogens with zero attached hydrogens (tertiary/aromatic N) is 2. The highest BCUT2D eigenvalue weighted by atomic mass is 79.9. The molecule has 0 aliphatic heterocycles. The molecule has 0 aromatic carbocycles. The third kappa shape index (κ3) is 26.7. The molecular formula is C27H58Br2N2O. The van der Waals surface area contributed by atoms with E-state index in [4.69, 9.17) is 4.74 Å². The van der Waals surface area contributed by atoms with Gasteiger partial charge in [-0.05, 0) is 45.4 Å². The van der Waals surface area contributed by atoms with E-state index in [0.29, 0.717) is 0 Å². The summed E-state index contributed by atoms with van der Waals surface area (Å²) in [5.41, 5.74) is 0. The fraction of sp³-hybridized carbons (Fsp3) is 0.926. The van der Waals surface area contributed by atoms with Gasteiger partial charge in [-0.1, -0.05) is 64.9 Å². The first kappa shape index (κ1) is 37.0. The Morgan fingerprint density at radius 1 is 0.562 bits per heavy atom. The standard InChI is InChI=1S/C27H58N2O.2BrH/c1-8-9-10-11-12-13-14-15-16-19-22-28(4,5)23-20-17-18-21-24-29(6,7)25-26-30-27(2)3;;/h2,8-26H2,1,3-7H3;2*1H/q+2;;/p-2. The molecule has 0 aromatic rings.